The van der Waals surface area contributed by atoms with Gasteiger partial charge in [0.1, 0.15) is 5.82 Å². The SMILES string of the molecule is C[N+](C)(C)CC1(c2ccc(F)cc2)CCCC1. The van der Waals surface area contributed by atoms with E-state index in [-0.39, 0.29) is 11.2 Å². The van der Waals surface area contributed by atoms with Crippen LogP contribution >= 0.6 is 0 Å². The molecule has 1 aromatic rings. The van der Waals surface area contributed by atoms with E-state index in [2.05, 4.69) is 21.1 Å². The van der Waals surface area contributed by atoms with Crippen molar-refractivity contribution >= 4 is 0 Å². The third-order valence-corrected chi connectivity index (χ3v) is 3.79. The number of nitrogens with zero attached hydrogens (tertiary/aromatic N) is 1. The average molecular weight is 236 g/mol. The second-order valence-electron chi connectivity index (χ2n) is 6.44. The molecule has 0 heterocycles. The summed E-state index contributed by atoms with van der Waals surface area (Å²) in [6, 6.07) is 7.17. The molecule has 1 aromatic carbocycles. The average Bonchev–Trinajstić information content (AvgIpc) is 2.65. The van der Waals surface area contributed by atoms with E-state index in [0.717, 1.165) is 11.0 Å². The molecule has 1 fully saturated rings. The van der Waals surface area contributed by atoms with Crippen molar-refractivity contribution in [1.82, 2.24) is 0 Å². The molecule has 17 heavy (non-hydrogen) atoms. The quantitative estimate of drug-likeness (QED) is 0.706. The van der Waals surface area contributed by atoms with Gasteiger partial charge in [-0.2, -0.15) is 0 Å². The number of likely N-dealkylation sites (N-methyl/N-ethyl adjacent to an activating group) is 1. The number of rotatable bonds is 3. The molecule has 1 aliphatic carbocycles. The first-order valence-corrected chi connectivity index (χ1v) is 6.48. The zero-order valence-corrected chi connectivity index (χ0v) is 11.2. The number of quaternary nitrogens is 1. The molecular formula is C15H23FN+. The molecule has 0 spiro atoms. The van der Waals surface area contributed by atoms with Crippen molar-refractivity contribution in [2.75, 3.05) is 27.7 Å². The number of benzene rings is 1. The van der Waals surface area contributed by atoms with E-state index in [4.69, 9.17) is 0 Å². The monoisotopic (exact) mass is 236 g/mol. The summed E-state index contributed by atoms with van der Waals surface area (Å²) in [4.78, 5) is 0. The topological polar surface area (TPSA) is 0 Å². The van der Waals surface area contributed by atoms with E-state index in [1.807, 2.05) is 12.1 Å². The fraction of sp³-hybridized carbons (Fsp3) is 0.600. The molecule has 0 atom stereocenters. The predicted octanol–water partition coefficient (Wildman–Crippen LogP) is 3.34. The fourth-order valence-electron chi connectivity index (χ4n) is 3.30. The highest BCUT2D eigenvalue weighted by atomic mass is 19.1. The van der Waals surface area contributed by atoms with Crippen LogP contribution in [-0.4, -0.2) is 32.2 Å². The van der Waals surface area contributed by atoms with Crippen LogP contribution < -0.4 is 0 Å². The van der Waals surface area contributed by atoms with Gasteiger partial charge in [0.25, 0.3) is 0 Å². The molecule has 0 aromatic heterocycles. The highest BCUT2D eigenvalue weighted by Crippen LogP contribution is 2.42. The van der Waals surface area contributed by atoms with Crippen LogP contribution in [0.2, 0.25) is 0 Å². The summed E-state index contributed by atoms with van der Waals surface area (Å²) in [6.45, 7) is 1.14. The third kappa shape index (κ3) is 2.86. The lowest BCUT2D eigenvalue weighted by Gasteiger charge is -2.37. The Bertz CT molecular complexity index is 369. The van der Waals surface area contributed by atoms with E-state index in [1.54, 1.807) is 12.1 Å². The van der Waals surface area contributed by atoms with Crippen LogP contribution in [0.5, 0.6) is 0 Å². The molecule has 0 saturated heterocycles. The van der Waals surface area contributed by atoms with Crippen molar-refractivity contribution in [3.05, 3.63) is 35.6 Å². The van der Waals surface area contributed by atoms with Gasteiger partial charge in [0.15, 0.2) is 0 Å². The fourth-order valence-corrected chi connectivity index (χ4v) is 3.30. The Morgan fingerprint density at radius 2 is 1.59 bits per heavy atom. The summed E-state index contributed by atoms with van der Waals surface area (Å²) < 4.78 is 14.0. The second kappa shape index (κ2) is 4.41. The first-order chi connectivity index (χ1) is 7.91. The Morgan fingerprint density at radius 3 is 2.06 bits per heavy atom. The second-order valence-corrected chi connectivity index (χ2v) is 6.44. The molecule has 2 rings (SSSR count). The van der Waals surface area contributed by atoms with Crippen molar-refractivity contribution in [2.45, 2.75) is 31.1 Å². The van der Waals surface area contributed by atoms with Gasteiger partial charge in [0.2, 0.25) is 0 Å². The minimum Gasteiger partial charge on any atom is -0.330 e. The summed E-state index contributed by atoms with van der Waals surface area (Å²) in [5.74, 6) is -0.132. The molecule has 2 heteroatoms. The molecule has 0 radical (unpaired) electrons. The van der Waals surface area contributed by atoms with Gasteiger partial charge in [-0.15, -0.1) is 0 Å². The maximum atomic E-state index is 13.0. The van der Waals surface area contributed by atoms with Gasteiger partial charge in [0, 0.05) is 5.41 Å². The summed E-state index contributed by atoms with van der Waals surface area (Å²) in [6.07, 6.45) is 5.09. The Labute approximate surface area is 104 Å². The van der Waals surface area contributed by atoms with E-state index in [0.29, 0.717) is 0 Å². The first kappa shape index (κ1) is 12.6. The molecule has 94 valence electrons. The van der Waals surface area contributed by atoms with Gasteiger partial charge in [-0.25, -0.2) is 4.39 Å². The van der Waals surface area contributed by atoms with Crippen LogP contribution in [0.1, 0.15) is 31.2 Å². The van der Waals surface area contributed by atoms with Crippen LogP contribution in [0.25, 0.3) is 0 Å². The molecule has 1 nitrogen and oxygen atoms in total. The molecule has 0 N–H and O–H groups in total. The standard InChI is InChI=1S/C15H23FN/c1-17(2,3)12-15(10-4-5-11-15)13-6-8-14(16)9-7-13/h6-9H,4-5,10-12H2,1-3H3/q+1. The maximum absolute atomic E-state index is 13.0. The molecule has 0 unspecified atom stereocenters. The van der Waals surface area contributed by atoms with Gasteiger partial charge in [0.05, 0.1) is 27.7 Å². The van der Waals surface area contributed by atoms with Gasteiger partial charge in [-0.05, 0) is 30.5 Å². The van der Waals surface area contributed by atoms with Crippen molar-refractivity contribution in [2.24, 2.45) is 0 Å². The lowest BCUT2D eigenvalue weighted by Crippen LogP contribution is -2.46. The van der Waals surface area contributed by atoms with E-state index in [1.165, 1.54) is 31.2 Å². The zero-order chi connectivity index (χ0) is 12.5. The molecule has 0 aliphatic heterocycles. The molecular weight excluding hydrogens is 213 g/mol. The highest BCUT2D eigenvalue weighted by molar-refractivity contribution is 5.27. The van der Waals surface area contributed by atoms with Crippen molar-refractivity contribution in [1.29, 1.82) is 0 Å². The molecule has 1 saturated carbocycles. The van der Waals surface area contributed by atoms with Gasteiger partial charge in [-0.3, -0.25) is 0 Å². The lowest BCUT2D eigenvalue weighted by atomic mass is 9.78. The minimum atomic E-state index is -0.132. The Morgan fingerprint density at radius 1 is 1.06 bits per heavy atom. The smallest absolute Gasteiger partial charge is 0.123 e. The van der Waals surface area contributed by atoms with Crippen molar-refractivity contribution in [3.8, 4) is 0 Å². The first-order valence-electron chi connectivity index (χ1n) is 6.48. The summed E-state index contributed by atoms with van der Waals surface area (Å²) in [7, 11) is 6.72. The molecule has 1 aliphatic rings. The summed E-state index contributed by atoms with van der Waals surface area (Å²) in [5, 5.41) is 0. The Kier molecular flexibility index (Phi) is 3.26. The van der Waals surface area contributed by atoms with Crippen LogP contribution in [0, 0.1) is 5.82 Å². The number of hydrogen-bond acceptors (Lipinski definition) is 0. The van der Waals surface area contributed by atoms with Crippen LogP contribution in [0.3, 0.4) is 0 Å². The van der Waals surface area contributed by atoms with Gasteiger partial charge in [-0.1, -0.05) is 25.0 Å². The van der Waals surface area contributed by atoms with E-state index in [9.17, 15) is 4.39 Å². The third-order valence-electron chi connectivity index (χ3n) is 3.79. The Balaban J connectivity index is 2.31. The highest BCUT2D eigenvalue weighted by Gasteiger charge is 2.40. The molecule has 0 amide bonds. The van der Waals surface area contributed by atoms with Gasteiger partial charge >= 0.3 is 0 Å². The van der Waals surface area contributed by atoms with Crippen LogP contribution in [-0.2, 0) is 5.41 Å². The number of hydrogen-bond donors (Lipinski definition) is 0. The summed E-state index contributed by atoms with van der Waals surface area (Å²) in [5.41, 5.74) is 1.59. The largest absolute Gasteiger partial charge is 0.330 e. The normalized spacial score (nSPS) is 19.5. The van der Waals surface area contributed by atoms with E-state index < -0.39 is 0 Å². The molecule has 0 bridgehead atoms. The Hall–Kier alpha value is -0.890. The van der Waals surface area contributed by atoms with Crippen molar-refractivity contribution < 1.29 is 8.87 Å². The van der Waals surface area contributed by atoms with Crippen LogP contribution in [0.15, 0.2) is 24.3 Å². The lowest BCUT2D eigenvalue weighted by molar-refractivity contribution is -0.874. The predicted molar refractivity (Wildman–Crippen MR) is 69.4 cm³/mol. The minimum absolute atomic E-state index is 0.132. The number of halogens is 1. The van der Waals surface area contributed by atoms with Crippen LogP contribution in [0.4, 0.5) is 4.39 Å². The van der Waals surface area contributed by atoms with Crippen molar-refractivity contribution in [3.63, 3.8) is 0 Å². The summed E-state index contributed by atoms with van der Waals surface area (Å²) >= 11 is 0. The maximum Gasteiger partial charge on any atom is 0.123 e. The van der Waals surface area contributed by atoms with E-state index >= 15 is 0 Å². The zero-order valence-electron chi connectivity index (χ0n) is 11.2. The van der Waals surface area contributed by atoms with Gasteiger partial charge < -0.3 is 4.48 Å².